The van der Waals surface area contributed by atoms with Gasteiger partial charge in [0.15, 0.2) is 0 Å². The highest BCUT2D eigenvalue weighted by atomic mass is 35.5. The van der Waals surface area contributed by atoms with Crippen LogP contribution in [0.5, 0.6) is 0 Å². The van der Waals surface area contributed by atoms with Gasteiger partial charge in [-0.1, -0.05) is 71.7 Å². The quantitative estimate of drug-likeness (QED) is 0.359. The minimum Gasteiger partial charge on any atom is -0.267 e. The highest BCUT2D eigenvalue weighted by molar-refractivity contribution is 7.97. The lowest BCUT2D eigenvalue weighted by Crippen LogP contribution is -2.17. The molecule has 0 aliphatic heterocycles. The van der Waals surface area contributed by atoms with E-state index in [0.29, 0.717) is 21.2 Å². The van der Waals surface area contributed by atoms with Crippen molar-refractivity contribution in [1.82, 2.24) is 5.43 Å². The van der Waals surface area contributed by atoms with Crippen molar-refractivity contribution in [3.05, 3.63) is 105 Å². The average Bonchev–Trinajstić information content (AvgIpc) is 2.71. The molecule has 3 aromatic rings. The van der Waals surface area contributed by atoms with Gasteiger partial charge in [-0.25, -0.2) is 5.43 Å². The fourth-order valence-electron chi connectivity index (χ4n) is 2.44. The molecule has 1 N–H and O–H groups in total. The second-order valence-electron chi connectivity index (χ2n) is 6.04. The minimum atomic E-state index is -0.273. The summed E-state index contributed by atoms with van der Waals surface area (Å²) >= 11 is 13.8. The van der Waals surface area contributed by atoms with E-state index in [0.717, 1.165) is 11.5 Å². The van der Waals surface area contributed by atoms with E-state index in [2.05, 4.69) is 22.7 Å². The molecule has 3 rings (SSSR count). The van der Waals surface area contributed by atoms with Crippen LogP contribution >= 0.6 is 35.0 Å². The third-order valence-electron chi connectivity index (χ3n) is 3.93. The van der Waals surface area contributed by atoms with Gasteiger partial charge in [0.1, 0.15) is 0 Å². The molecule has 0 spiro atoms. The van der Waals surface area contributed by atoms with E-state index in [1.807, 2.05) is 42.1 Å². The highest BCUT2D eigenvalue weighted by Gasteiger charge is 2.05. The van der Waals surface area contributed by atoms with Gasteiger partial charge in [-0.3, -0.25) is 4.79 Å². The van der Waals surface area contributed by atoms with Crippen molar-refractivity contribution >= 4 is 47.1 Å². The van der Waals surface area contributed by atoms with Crippen molar-refractivity contribution in [3.8, 4) is 0 Å². The van der Waals surface area contributed by atoms with Gasteiger partial charge in [0.2, 0.25) is 0 Å². The smallest absolute Gasteiger partial charge is 0.267 e. The molecule has 0 heterocycles. The predicted octanol–water partition coefficient (Wildman–Crippen LogP) is 6.19. The maximum atomic E-state index is 12.2. The molecule has 3 nitrogen and oxygen atoms in total. The summed E-state index contributed by atoms with van der Waals surface area (Å²) < 4.78 is 0. The van der Waals surface area contributed by atoms with Crippen molar-refractivity contribution in [3.63, 3.8) is 0 Å². The first-order valence-corrected chi connectivity index (χ1v) is 10.5. The molecule has 6 heteroatoms. The van der Waals surface area contributed by atoms with E-state index < -0.39 is 0 Å². The lowest BCUT2D eigenvalue weighted by Gasteiger charge is -2.04. The molecule has 0 bridgehead atoms. The van der Waals surface area contributed by atoms with Crippen molar-refractivity contribution in [2.24, 2.45) is 5.10 Å². The normalized spacial score (nSPS) is 10.9. The van der Waals surface area contributed by atoms with Crippen LogP contribution in [0.3, 0.4) is 0 Å². The van der Waals surface area contributed by atoms with Crippen LogP contribution < -0.4 is 5.43 Å². The van der Waals surface area contributed by atoms with Gasteiger partial charge in [0, 0.05) is 27.7 Å². The Morgan fingerprint density at radius 3 is 2.29 bits per heavy atom. The zero-order valence-corrected chi connectivity index (χ0v) is 17.3. The van der Waals surface area contributed by atoms with Gasteiger partial charge in [-0.15, -0.1) is 0 Å². The Bertz CT molecular complexity index is 960. The standard InChI is InChI=1S/C22H18Cl2N2OS/c23-20-11-10-19(21(24)12-20)13-25-26-22(27)18-8-6-17(7-9-18)15-28-14-16-4-2-1-3-5-16/h1-13H,14-15H2,(H,26,27)/b25-13-. The number of hydrogen-bond donors (Lipinski definition) is 1. The third-order valence-corrected chi connectivity index (χ3v) is 5.57. The van der Waals surface area contributed by atoms with Crippen molar-refractivity contribution < 1.29 is 4.79 Å². The number of amides is 1. The molecule has 0 saturated carbocycles. The molecule has 0 unspecified atom stereocenters. The van der Waals surface area contributed by atoms with E-state index >= 15 is 0 Å². The number of carbonyl (C=O) groups is 1. The van der Waals surface area contributed by atoms with Crippen molar-refractivity contribution in [2.75, 3.05) is 0 Å². The molecule has 3 aromatic carbocycles. The van der Waals surface area contributed by atoms with Crippen LogP contribution in [-0.2, 0) is 11.5 Å². The fourth-order valence-corrected chi connectivity index (χ4v) is 3.86. The zero-order valence-electron chi connectivity index (χ0n) is 14.9. The number of hydrogen-bond acceptors (Lipinski definition) is 3. The molecular formula is C22H18Cl2N2OS. The van der Waals surface area contributed by atoms with E-state index in [-0.39, 0.29) is 5.91 Å². The Balaban J connectivity index is 1.49. The first-order valence-electron chi connectivity index (χ1n) is 8.61. The highest BCUT2D eigenvalue weighted by Crippen LogP contribution is 2.20. The van der Waals surface area contributed by atoms with Crippen LogP contribution in [0, 0.1) is 0 Å². The predicted molar refractivity (Wildman–Crippen MR) is 119 cm³/mol. The lowest BCUT2D eigenvalue weighted by atomic mass is 10.1. The van der Waals surface area contributed by atoms with Gasteiger partial charge >= 0.3 is 0 Å². The number of nitrogens with zero attached hydrogens (tertiary/aromatic N) is 1. The van der Waals surface area contributed by atoms with E-state index in [1.165, 1.54) is 17.3 Å². The molecule has 0 radical (unpaired) electrons. The topological polar surface area (TPSA) is 41.5 Å². The van der Waals surface area contributed by atoms with Gasteiger partial charge in [-0.2, -0.15) is 16.9 Å². The molecule has 0 aliphatic carbocycles. The van der Waals surface area contributed by atoms with Crippen LogP contribution in [0.15, 0.2) is 77.9 Å². The molecule has 0 saturated heterocycles. The Morgan fingerprint density at radius 1 is 0.929 bits per heavy atom. The van der Waals surface area contributed by atoms with E-state index in [9.17, 15) is 4.79 Å². The van der Waals surface area contributed by atoms with Crippen LogP contribution in [-0.4, -0.2) is 12.1 Å². The van der Waals surface area contributed by atoms with Crippen molar-refractivity contribution in [1.29, 1.82) is 0 Å². The summed E-state index contributed by atoms with van der Waals surface area (Å²) in [4.78, 5) is 12.2. The molecular weight excluding hydrogens is 411 g/mol. The summed E-state index contributed by atoms with van der Waals surface area (Å²) in [5, 5.41) is 4.98. The van der Waals surface area contributed by atoms with Gasteiger partial charge in [0.25, 0.3) is 5.91 Å². The molecule has 142 valence electrons. The fraction of sp³-hybridized carbons (Fsp3) is 0.0909. The van der Waals surface area contributed by atoms with Gasteiger partial charge in [-0.05, 0) is 35.4 Å². The third kappa shape index (κ3) is 6.13. The van der Waals surface area contributed by atoms with Crippen molar-refractivity contribution in [2.45, 2.75) is 11.5 Å². The van der Waals surface area contributed by atoms with Crippen LogP contribution in [0.1, 0.15) is 27.0 Å². The average molecular weight is 429 g/mol. The molecule has 0 atom stereocenters. The number of thioether (sulfide) groups is 1. The molecule has 0 aliphatic rings. The summed E-state index contributed by atoms with van der Waals surface area (Å²) in [6.45, 7) is 0. The van der Waals surface area contributed by atoms with E-state index in [4.69, 9.17) is 23.2 Å². The van der Waals surface area contributed by atoms with Gasteiger partial charge in [0.05, 0.1) is 11.2 Å². The largest absolute Gasteiger partial charge is 0.271 e. The Hall–Kier alpha value is -2.27. The summed E-state index contributed by atoms with van der Waals surface area (Å²) in [5.74, 6) is 1.58. The Labute approximate surface area is 178 Å². The second kappa shape index (κ2) is 10.3. The SMILES string of the molecule is O=C(N/N=C\c1ccc(Cl)cc1Cl)c1ccc(CSCc2ccccc2)cc1. The second-order valence-corrected chi connectivity index (χ2v) is 7.87. The summed E-state index contributed by atoms with van der Waals surface area (Å²) in [5.41, 5.74) is 6.22. The molecule has 1 amide bonds. The summed E-state index contributed by atoms with van der Waals surface area (Å²) in [6.07, 6.45) is 1.49. The number of hydrazone groups is 1. The van der Waals surface area contributed by atoms with E-state index in [1.54, 1.807) is 30.3 Å². The number of halogens is 2. The maximum Gasteiger partial charge on any atom is 0.271 e. The minimum absolute atomic E-state index is 0.273. The number of nitrogens with one attached hydrogen (secondary N) is 1. The van der Waals surface area contributed by atoms with Crippen LogP contribution in [0.25, 0.3) is 0 Å². The first-order chi connectivity index (χ1) is 13.6. The number of rotatable bonds is 7. The molecule has 0 aromatic heterocycles. The lowest BCUT2D eigenvalue weighted by molar-refractivity contribution is 0.0955. The molecule has 0 fully saturated rings. The number of benzene rings is 3. The first kappa shape index (κ1) is 20.5. The molecule has 28 heavy (non-hydrogen) atoms. The Morgan fingerprint density at radius 2 is 1.61 bits per heavy atom. The zero-order chi connectivity index (χ0) is 19.8. The van der Waals surface area contributed by atoms with Crippen LogP contribution in [0.2, 0.25) is 10.0 Å². The van der Waals surface area contributed by atoms with Gasteiger partial charge < -0.3 is 0 Å². The monoisotopic (exact) mass is 428 g/mol. The Kier molecular flexibility index (Phi) is 7.54. The summed E-state index contributed by atoms with van der Waals surface area (Å²) in [6, 6.07) is 23.0. The number of carbonyl (C=O) groups excluding carboxylic acids is 1. The summed E-state index contributed by atoms with van der Waals surface area (Å²) in [7, 11) is 0. The van der Waals surface area contributed by atoms with Crippen LogP contribution in [0.4, 0.5) is 0 Å². The maximum absolute atomic E-state index is 12.2.